The smallest absolute Gasteiger partial charge is 0.237 e. The number of rotatable bonds is 5. The monoisotopic (exact) mass is 353 g/mol. The number of benzene rings is 1. The van der Waals surface area contributed by atoms with Crippen LogP contribution in [0.5, 0.6) is 0 Å². The largest absolute Gasteiger partial charge is 0.353 e. The van der Waals surface area contributed by atoms with Gasteiger partial charge >= 0.3 is 0 Å². The van der Waals surface area contributed by atoms with E-state index in [1.165, 1.54) is 11.1 Å². The minimum atomic E-state index is -0.0746. The Labute approximate surface area is 157 Å². The Morgan fingerprint density at radius 3 is 2.81 bits per heavy atom. The van der Waals surface area contributed by atoms with E-state index in [1.54, 1.807) is 0 Å². The highest BCUT2D eigenvalue weighted by Crippen LogP contribution is 2.25. The van der Waals surface area contributed by atoms with Gasteiger partial charge in [-0.2, -0.15) is 0 Å². The van der Waals surface area contributed by atoms with Gasteiger partial charge in [0.25, 0.3) is 0 Å². The lowest BCUT2D eigenvalue weighted by Crippen LogP contribution is -2.56. The molecular formula is C22H31N3O. The molecule has 0 saturated carbocycles. The van der Waals surface area contributed by atoms with E-state index in [1.807, 2.05) is 0 Å². The van der Waals surface area contributed by atoms with Gasteiger partial charge < -0.3 is 5.32 Å². The molecule has 0 spiro atoms. The van der Waals surface area contributed by atoms with Crippen LogP contribution in [0.2, 0.25) is 0 Å². The molecule has 0 aromatic heterocycles. The predicted octanol–water partition coefficient (Wildman–Crippen LogP) is 2.43. The summed E-state index contributed by atoms with van der Waals surface area (Å²) in [7, 11) is 0. The van der Waals surface area contributed by atoms with Gasteiger partial charge in [0.1, 0.15) is 0 Å². The molecule has 0 radical (unpaired) electrons. The first-order chi connectivity index (χ1) is 12.5. The Morgan fingerprint density at radius 1 is 1.27 bits per heavy atom. The Balaban J connectivity index is 1.58. The maximum Gasteiger partial charge on any atom is 0.237 e. The van der Waals surface area contributed by atoms with E-state index in [2.05, 4.69) is 59.1 Å². The molecule has 2 aliphatic rings. The first-order valence-corrected chi connectivity index (χ1v) is 9.78. The fraction of sp³-hybridized carbons (Fsp3) is 0.591. The van der Waals surface area contributed by atoms with Gasteiger partial charge in [0.2, 0.25) is 5.91 Å². The highest BCUT2D eigenvalue weighted by Gasteiger charge is 2.32. The van der Waals surface area contributed by atoms with Crippen molar-refractivity contribution in [2.75, 3.05) is 26.2 Å². The molecule has 0 aliphatic carbocycles. The van der Waals surface area contributed by atoms with Crippen LogP contribution in [0.15, 0.2) is 24.3 Å². The van der Waals surface area contributed by atoms with Gasteiger partial charge in [0.15, 0.2) is 0 Å². The van der Waals surface area contributed by atoms with Crippen LogP contribution in [0.3, 0.4) is 0 Å². The molecule has 1 saturated heterocycles. The van der Waals surface area contributed by atoms with Crippen molar-refractivity contribution in [1.82, 2.24) is 15.1 Å². The number of nitrogens with zero attached hydrogens (tertiary/aromatic N) is 2. The summed E-state index contributed by atoms with van der Waals surface area (Å²) in [6.45, 7) is 8.58. The van der Waals surface area contributed by atoms with Crippen LogP contribution in [0.25, 0.3) is 0 Å². The number of piperidine rings is 1. The van der Waals surface area contributed by atoms with Crippen LogP contribution < -0.4 is 5.32 Å². The predicted molar refractivity (Wildman–Crippen MR) is 106 cm³/mol. The molecule has 1 aromatic rings. The minimum absolute atomic E-state index is 0.0716. The minimum Gasteiger partial charge on any atom is -0.353 e. The van der Waals surface area contributed by atoms with Crippen LogP contribution in [0.1, 0.15) is 44.2 Å². The summed E-state index contributed by atoms with van der Waals surface area (Å²) in [5.41, 5.74) is 2.79. The van der Waals surface area contributed by atoms with Crippen molar-refractivity contribution in [3.05, 3.63) is 35.4 Å². The van der Waals surface area contributed by atoms with E-state index in [-0.39, 0.29) is 17.5 Å². The van der Waals surface area contributed by atoms with Crippen LogP contribution >= 0.6 is 0 Å². The van der Waals surface area contributed by atoms with Gasteiger partial charge in [0.05, 0.1) is 12.6 Å². The maximum absolute atomic E-state index is 12.8. The third-order valence-electron chi connectivity index (χ3n) is 5.89. The Hall–Kier alpha value is -1.83. The van der Waals surface area contributed by atoms with Crippen molar-refractivity contribution < 1.29 is 4.79 Å². The molecule has 1 unspecified atom stereocenters. The molecule has 140 valence electrons. The molecule has 1 amide bonds. The SMILES string of the molecule is C#CCN1CCCCC1C(=O)NCC(C)(C)N1CCc2ccccc2C1. The maximum atomic E-state index is 12.8. The van der Waals surface area contributed by atoms with Gasteiger partial charge in [-0.05, 0) is 50.8 Å². The number of carbonyl (C=O) groups excluding carboxylic acids is 1. The average Bonchev–Trinajstić information content (AvgIpc) is 2.66. The number of hydrogen-bond acceptors (Lipinski definition) is 3. The second-order valence-corrected chi connectivity index (χ2v) is 8.16. The summed E-state index contributed by atoms with van der Waals surface area (Å²) in [6, 6.07) is 8.60. The summed E-state index contributed by atoms with van der Waals surface area (Å²) < 4.78 is 0. The highest BCUT2D eigenvalue weighted by molar-refractivity contribution is 5.82. The van der Waals surface area contributed by atoms with Gasteiger partial charge in [-0.25, -0.2) is 0 Å². The molecule has 2 heterocycles. The van der Waals surface area contributed by atoms with E-state index in [0.717, 1.165) is 45.3 Å². The van der Waals surface area contributed by atoms with Crippen molar-refractivity contribution in [2.45, 2.75) is 57.7 Å². The zero-order valence-electron chi connectivity index (χ0n) is 16.1. The third kappa shape index (κ3) is 4.28. The zero-order valence-corrected chi connectivity index (χ0v) is 16.1. The molecule has 2 aliphatic heterocycles. The van der Waals surface area contributed by atoms with Crippen LogP contribution in [0, 0.1) is 12.3 Å². The molecule has 1 fully saturated rings. The van der Waals surface area contributed by atoms with Crippen molar-refractivity contribution in [3.63, 3.8) is 0 Å². The van der Waals surface area contributed by atoms with E-state index >= 15 is 0 Å². The van der Waals surface area contributed by atoms with Crippen molar-refractivity contribution in [2.24, 2.45) is 0 Å². The lowest BCUT2D eigenvalue weighted by Gasteiger charge is -2.42. The van der Waals surface area contributed by atoms with E-state index in [9.17, 15) is 4.79 Å². The Bertz CT molecular complexity index is 676. The van der Waals surface area contributed by atoms with Crippen LogP contribution in [-0.4, -0.2) is 53.5 Å². The summed E-state index contributed by atoms with van der Waals surface area (Å²) in [5, 5.41) is 3.21. The number of carbonyl (C=O) groups is 1. The molecule has 0 bridgehead atoms. The van der Waals surface area contributed by atoms with E-state index < -0.39 is 0 Å². The lowest BCUT2D eigenvalue weighted by molar-refractivity contribution is -0.128. The number of terminal acetylenes is 1. The second-order valence-electron chi connectivity index (χ2n) is 8.16. The molecular weight excluding hydrogens is 322 g/mol. The van der Waals surface area contributed by atoms with E-state index in [4.69, 9.17) is 6.42 Å². The summed E-state index contributed by atoms with van der Waals surface area (Å²) in [4.78, 5) is 17.4. The Kier molecular flexibility index (Phi) is 6.01. The highest BCUT2D eigenvalue weighted by atomic mass is 16.2. The summed E-state index contributed by atoms with van der Waals surface area (Å²) in [5.74, 6) is 2.82. The second kappa shape index (κ2) is 8.24. The van der Waals surface area contributed by atoms with Gasteiger partial charge in [0, 0.05) is 25.2 Å². The lowest BCUT2D eigenvalue weighted by atomic mass is 9.93. The molecule has 1 aromatic carbocycles. The topological polar surface area (TPSA) is 35.6 Å². The molecule has 3 rings (SSSR count). The van der Waals surface area contributed by atoms with Crippen LogP contribution in [-0.2, 0) is 17.8 Å². The third-order valence-corrected chi connectivity index (χ3v) is 5.89. The number of amides is 1. The van der Waals surface area contributed by atoms with Gasteiger partial charge in [-0.15, -0.1) is 6.42 Å². The number of nitrogens with one attached hydrogen (secondary N) is 1. The van der Waals surface area contributed by atoms with Crippen molar-refractivity contribution in [1.29, 1.82) is 0 Å². The first kappa shape index (κ1) is 18.9. The summed E-state index contributed by atoms with van der Waals surface area (Å²) >= 11 is 0. The molecule has 4 nitrogen and oxygen atoms in total. The molecule has 1 N–H and O–H groups in total. The van der Waals surface area contributed by atoms with Crippen LogP contribution in [0.4, 0.5) is 0 Å². The van der Waals surface area contributed by atoms with Crippen molar-refractivity contribution >= 4 is 5.91 Å². The molecule has 26 heavy (non-hydrogen) atoms. The first-order valence-electron chi connectivity index (χ1n) is 9.78. The van der Waals surface area contributed by atoms with Gasteiger partial charge in [-0.3, -0.25) is 14.6 Å². The molecule has 1 atom stereocenters. The fourth-order valence-corrected chi connectivity index (χ4v) is 4.14. The number of hydrogen-bond donors (Lipinski definition) is 1. The van der Waals surface area contributed by atoms with Gasteiger partial charge in [-0.1, -0.05) is 36.6 Å². The molecule has 4 heteroatoms. The fourth-order valence-electron chi connectivity index (χ4n) is 4.14. The Morgan fingerprint density at radius 2 is 2.04 bits per heavy atom. The van der Waals surface area contributed by atoms with Crippen molar-refractivity contribution in [3.8, 4) is 12.3 Å². The number of fused-ring (bicyclic) bond motifs is 1. The summed E-state index contributed by atoms with van der Waals surface area (Å²) in [6.07, 6.45) is 9.69. The zero-order chi connectivity index (χ0) is 18.6. The normalized spacial score (nSPS) is 21.7. The average molecular weight is 354 g/mol. The number of likely N-dealkylation sites (tertiary alicyclic amines) is 1. The quantitative estimate of drug-likeness (QED) is 0.826. The standard InChI is InChI=1S/C22H31N3O/c1-4-13-24-14-8-7-11-20(24)21(26)23-17-22(2,3)25-15-12-18-9-5-6-10-19(18)16-25/h1,5-6,9-10,20H,7-8,11-17H2,2-3H3,(H,23,26). The van der Waals surface area contributed by atoms with E-state index in [0.29, 0.717) is 13.1 Å².